The summed E-state index contributed by atoms with van der Waals surface area (Å²) in [4.78, 5) is 13.5. The first kappa shape index (κ1) is 13.6. The minimum absolute atomic E-state index is 0.359. The highest BCUT2D eigenvalue weighted by Crippen LogP contribution is 2.17. The third-order valence-corrected chi connectivity index (χ3v) is 2.70. The third-order valence-electron chi connectivity index (χ3n) is 2.70. The number of Topliss-reactive ketones (excluding diaryl/α,β-unsaturated/α-hetero) is 1. The molecule has 2 nitrogen and oxygen atoms in total. The summed E-state index contributed by atoms with van der Waals surface area (Å²) in [5.41, 5.74) is 0. The molecule has 1 heterocycles. The highest BCUT2D eigenvalue weighted by molar-refractivity contribution is 5.78. The van der Waals surface area contributed by atoms with Crippen molar-refractivity contribution in [3.8, 4) is 0 Å². The maximum atomic E-state index is 11.0. The van der Waals surface area contributed by atoms with Gasteiger partial charge in [-0.25, -0.2) is 0 Å². The van der Waals surface area contributed by atoms with Crippen molar-refractivity contribution in [1.29, 1.82) is 0 Å². The second-order valence-electron chi connectivity index (χ2n) is 3.73. The van der Waals surface area contributed by atoms with E-state index in [1.54, 1.807) is 6.92 Å². The monoisotopic (exact) mass is 199 g/mol. The Balaban J connectivity index is 0.000000791. The molecule has 0 N–H and O–H groups in total. The van der Waals surface area contributed by atoms with Crippen LogP contribution >= 0.6 is 0 Å². The molecule has 0 bridgehead atoms. The van der Waals surface area contributed by atoms with E-state index in [0.29, 0.717) is 11.7 Å². The summed E-state index contributed by atoms with van der Waals surface area (Å²) in [6.45, 7) is 11.4. The van der Waals surface area contributed by atoms with Gasteiger partial charge in [-0.05, 0) is 45.8 Å². The Labute approximate surface area is 88.7 Å². The number of carbonyl (C=O) groups excluding carboxylic acids is 1. The number of ketones is 1. The Morgan fingerprint density at radius 3 is 2.14 bits per heavy atom. The van der Waals surface area contributed by atoms with E-state index in [1.165, 1.54) is 13.0 Å². The van der Waals surface area contributed by atoms with E-state index >= 15 is 0 Å². The van der Waals surface area contributed by atoms with Crippen LogP contribution in [0.4, 0.5) is 0 Å². The number of hydrogen-bond acceptors (Lipinski definition) is 2. The molecule has 84 valence electrons. The summed E-state index contributed by atoms with van der Waals surface area (Å²) in [6.07, 6.45) is 3.38. The molecule has 0 unspecified atom stereocenters. The van der Waals surface area contributed by atoms with Crippen LogP contribution in [0, 0.1) is 5.92 Å². The number of carbonyl (C=O) groups is 1. The molecule has 1 rings (SSSR count). The van der Waals surface area contributed by atoms with E-state index < -0.39 is 0 Å². The molecule has 14 heavy (non-hydrogen) atoms. The van der Waals surface area contributed by atoms with Crippen LogP contribution in [0.25, 0.3) is 0 Å². The van der Waals surface area contributed by atoms with E-state index in [2.05, 4.69) is 11.8 Å². The molecule has 1 aliphatic heterocycles. The average Bonchev–Trinajstić information content (AvgIpc) is 2.22. The number of likely N-dealkylation sites (tertiary alicyclic amines) is 1. The van der Waals surface area contributed by atoms with Gasteiger partial charge < -0.3 is 4.90 Å². The van der Waals surface area contributed by atoms with Gasteiger partial charge >= 0.3 is 0 Å². The number of piperidine rings is 1. The van der Waals surface area contributed by atoms with Crippen LogP contribution in [-0.4, -0.2) is 30.3 Å². The molecule has 1 saturated heterocycles. The zero-order chi connectivity index (χ0) is 11.0. The average molecular weight is 199 g/mol. The van der Waals surface area contributed by atoms with E-state index in [1.807, 2.05) is 13.8 Å². The van der Waals surface area contributed by atoms with Crippen LogP contribution in [0.1, 0.15) is 47.0 Å². The van der Waals surface area contributed by atoms with E-state index in [9.17, 15) is 4.79 Å². The number of rotatable bonds is 3. The fourth-order valence-electron chi connectivity index (χ4n) is 1.88. The van der Waals surface area contributed by atoms with Gasteiger partial charge in [-0.2, -0.15) is 0 Å². The molecule has 0 aromatic heterocycles. The lowest BCUT2D eigenvalue weighted by molar-refractivity contribution is -0.122. The predicted octanol–water partition coefficient (Wildman–Crippen LogP) is 2.72. The highest BCUT2D eigenvalue weighted by Gasteiger charge is 2.21. The summed E-state index contributed by atoms with van der Waals surface area (Å²) in [6, 6.07) is 0. The Hall–Kier alpha value is -0.370. The van der Waals surface area contributed by atoms with Crippen molar-refractivity contribution in [2.24, 2.45) is 5.92 Å². The first-order valence-electron chi connectivity index (χ1n) is 5.97. The smallest absolute Gasteiger partial charge is 0.133 e. The summed E-state index contributed by atoms with van der Waals surface area (Å²) in [5.74, 6) is 0.740. The fraction of sp³-hybridized carbons (Fsp3) is 0.917. The van der Waals surface area contributed by atoms with Gasteiger partial charge in [-0.15, -0.1) is 0 Å². The lowest BCUT2D eigenvalue weighted by atomic mass is 9.93. The summed E-state index contributed by atoms with van der Waals surface area (Å²) in [7, 11) is 0. The van der Waals surface area contributed by atoms with Gasteiger partial charge in [0.05, 0.1) is 0 Å². The molecule has 1 fully saturated rings. The van der Waals surface area contributed by atoms with Crippen LogP contribution in [-0.2, 0) is 4.79 Å². The molecule has 0 amide bonds. The van der Waals surface area contributed by atoms with E-state index in [4.69, 9.17) is 0 Å². The Morgan fingerprint density at radius 1 is 1.29 bits per heavy atom. The van der Waals surface area contributed by atoms with Gasteiger partial charge in [0.15, 0.2) is 0 Å². The predicted molar refractivity (Wildman–Crippen MR) is 61.5 cm³/mol. The molecule has 0 atom stereocenters. The van der Waals surface area contributed by atoms with Crippen LogP contribution in [0.5, 0.6) is 0 Å². The molecule has 0 aromatic carbocycles. The molecule has 0 spiro atoms. The molecule has 0 saturated carbocycles. The van der Waals surface area contributed by atoms with Gasteiger partial charge in [-0.1, -0.05) is 20.8 Å². The topological polar surface area (TPSA) is 20.3 Å². The lowest BCUT2D eigenvalue weighted by Crippen LogP contribution is -2.36. The van der Waals surface area contributed by atoms with Gasteiger partial charge in [0.2, 0.25) is 0 Å². The van der Waals surface area contributed by atoms with Crippen molar-refractivity contribution in [3.05, 3.63) is 0 Å². The fourth-order valence-corrected chi connectivity index (χ4v) is 1.88. The van der Waals surface area contributed by atoms with Crippen molar-refractivity contribution >= 4 is 5.78 Å². The maximum Gasteiger partial charge on any atom is 0.133 e. The largest absolute Gasteiger partial charge is 0.303 e. The Kier molecular flexibility index (Phi) is 7.77. The molecule has 0 aromatic rings. The van der Waals surface area contributed by atoms with Crippen LogP contribution in [0.2, 0.25) is 0 Å². The van der Waals surface area contributed by atoms with E-state index in [-0.39, 0.29) is 0 Å². The minimum atomic E-state index is 0.359. The van der Waals surface area contributed by atoms with Crippen molar-refractivity contribution in [2.45, 2.75) is 47.0 Å². The SMILES string of the molecule is CC.CCCN1CCC(C(C)=O)CC1. The summed E-state index contributed by atoms with van der Waals surface area (Å²) in [5, 5.41) is 0. The number of hydrogen-bond donors (Lipinski definition) is 0. The van der Waals surface area contributed by atoms with Gasteiger partial charge in [0, 0.05) is 5.92 Å². The van der Waals surface area contributed by atoms with Crippen molar-refractivity contribution in [2.75, 3.05) is 19.6 Å². The van der Waals surface area contributed by atoms with E-state index in [0.717, 1.165) is 25.9 Å². The highest BCUT2D eigenvalue weighted by atomic mass is 16.1. The maximum absolute atomic E-state index is 11.0. The standard InChI is InChI=1S/C10H19NO.C2H6/c1-3-6-11-7-4-10(5-8-11)9(2)12;1-2/h10H,3-8H2,1-2H3;1-2H3. The molecular weight excluding hydrogens is 174 g/mol. The molecular formula is C12H25NO. The zero-order valence-corrected chi connectivity index (χ0v) is 10.2. The minimum Gasteiger partial charge on any atom is -0.303 e. The molecule has 0 radical (unpaired) electrons. The molecule has 1 aliphatic rings. The van der Waals surface area contributed by atoms with Gasteiger partial charge in [0.25, 0.3) is 0 Å². The van der Waals surface area contributed by atoms with Gasteiger partial charge in [-0.3, -0.25) is 4.79 Å². The second-order valence-corrected chi connectivity index (χ2v) is 3.73. The first-order chi connectivity index (χ1) is 6.74. The van der Waals surface area contributed by atoms with Crippen LogP contribution in [0.15, 0.2) is 0 Å². The second kappa shape index (κ2) is 7.98. The lowest BCUT2D eigenvalue weighted by Gasteiger charge is -2.30. The number of nitrogens with zero attached hydrogens (tertiary/aromatic N) is 1. The van der Waals surface area contributed by atoms with Crippen molar-refractivity contribution in [3.63, 3.8) is 0 Å². The van der Waals surface area contributed by atoms with Crippen molar-refractivity contribution in [1.82, 2.24) is 4.90 Å². The summed E-state index contributed by atoms with van der Waals surface area (Å²) < 4.78 is 0. The Bertz CT molecular complexity index is 148. The zero-order valence-electron chi connectivity index (χ0n) is 10.2. The summed E-state index contributed by atoms with van der Waals surface area (Å²) >= 11 is 0. The van der Waals surface area contributed by atoms with Crippen LogP contribution in [0.3, 0.4) is 0 Å². The molecule has 2 heteroatoms. The van der Waals surface area contributed by atoms with Crippen molar-refractivity contribution < 1.29 is 4.79 Å². The quantitative estimate of drug-likeness (QED) is 0.696. The Morgan fingerprint density at radius 2 is 1.79 bits per heavy atom. The molecule has 0 aliphatic carbocycles. The first-order valence-corrected chi connectivity index (χ1v) is 5.97. The third kappa shape index (κ3) is 4.75. The van der Waals surface area contributed by atoms with Gasteiger partial charge in [0.1, 0.15) is 5.78 Å². The van der Waals surface area contributed by atoms with Crippen LogP contribution < -0.4 is 0 Å². The normalized spacial score (nSPS) is 18.6.